The predicted molar refractivity (Wildman–Crippen MR) is 77.2 cm³/mol. The van der Waals surface area contributed by atoms with Crippen LogP contribution in [0.15, 0.2) is 15.9 Å². The van der Waals surface area contributed by atoms with Gasteiger partial charge in [0.25, 0.3) is 0 Å². The zero-order valence-corrected chi connectivity index (χ0v) is 12.8. The number of nitrogens with one attached hydrogen (secondary N) is 1. The Morgan fingerprint density at radius 1 is 1.44 bits per heavy atom. The molecule has 92 valence electrons. The van der Waals surface area contributed by atoms with Crippen LogP contribution >= 0.6 is 27.3 Å². The summed E-state index contributed by atoms with van der Waals surface area (Å²) in [6, 6.07) is 2.25. The summed E-state index contributed by atoms with van der Waals surface area (Å²) in [5, 5.41) is 5.65. The minimum absolute atomic E-state index is 0.769. The fourth-order valence-electron chi connectivity index (χ4n) is 2.00. The molecule has 1 atom stereocenters. The Kier molecular flexibility index (Phi) is 6.62. The molecule has 0 fully saturated rings. The van der Waals surface area contributed by atoms with Crippen molar-refractivity contribution in [3.63, 3.8) is 0 Å². The number of hydrogen-bond acceptors (Lipinski definition) is 2. The average molecular weight is 304 g/mol. The SMILES string of the molecule is CCNCC(Cc1cc(Br)cs1)CC(C)C. The smallest absolute Gasteiger partial charge is 0.0285 e. The van der Waals surface area contributed by atoms with Crippen LogP contribution in [0.2, 0.25) is 0 Å². The van der Waals surface area contributed by atoms with Crippen LogP contribution in [0.1, 0.15) is 32.1 Å². The van der Waals surface area contributed by atoms with Crippen LogP contribution < -0.4 is 5.32 Å². The molecule has 1 nitrogen and oxygen atoms in total. The topological polar surface area (TPSA) is 12.0 Å². The van der Waals surface area contributed by atoms with Crippen LogP contribution in [-0.2, 0) is 6.42 Å². The van der Waals surface area contributed by atoms with Gasteiger partial charge in [0.15, 0.2) is 0 Å². The van der Waals surface area contributed by atoms with Crippen molar-refractivity contribution < 1.29 is 0 Å². The normalized spacial score (nSPS) is 13.3. The molecule has 1 unspecified atom stereocenters. The summed E-state index contributed by atoms with van der Waals surface area (Å²) in [5.41, 5.74) is 0. The summed E-state index contributed by atoms with van der Waals surface area (Å²) in [5.74, 6) is 1.55. The van der Waals surface area contributed by atoms with Gasteiger partial charge in [-0.1, -0.05) is 20.8 Å². The molecule has 1 heterocycles. The third-order valence-electron chi connectivity index (χ3n) is 2.60. The molecule has 0 amide bonds. The molecule has 1 rings (SSSR count). The average Bonchev–Trinajstić information content (AvgIpc) is 2.59. The predicted octanol–water partition coefficient (Wildman–Crippen LogP) is 4.32. The van der Waals surface area contributed by atoms with Crippen LogP contribution in [0, 0.1) is 11.8 Å². The van der Waals surface area contributed by atoms with Crippen LogP contribution in [0.5, 0.6) is 0 Å². The second-order valence-electron chi connectivity index (χ2n) is 4.74. The van der Waals surface area contributed by atoms with E-state index < -0.39 is 0 Å². The van der Waals surface area contributed by atoms with Crippen molar-refractivity contribution in [1.29, 1.82) is 0 Å². The first-order valence-electron chi connectivity index (χ1n) is 6.05. The highest BCUT2D eigenvalue weighted by molar-refractivity contribution is 9.10. The van der Waals surface area contributed by atoms with Gasteiger partial charge in [0.2, 0.25) is 0 Å². The molecule has 16 heavy (non-hydrogen) atoms. The lowest BCUT2D eigenvalue weighted by Gasteiger charge is -2.18. The number of hydrogen-bond donors (Lipinski definition) is 1. The first-order chi connectivity index (χ1) is 7.61. The van der Waals surface area contributed by atoms with E-state index in [-0.39, 0.29) is 0 Å². The van der Waals surface area contributed by atoms with E-state index >= 15 is 0 Å². The summed E-state index contributed by atoms with van der Waals surface area (Å²) in [7, 11) is 0. The highest BCUT2D eigenvalue weighted by atomic mass is 79.9. The first-order valence-corrected chi connectivity index (χ1v) is 7.72. The number of rotatable bonds is 7. The van der Waals surface area contributed by atoms with Gasteiger partial charge >= 0.3 is 0 Å². The van der Waals surface area contributed by atoms with E-state index in [9.17, 15) is 0 Å². The van der Waals surface area contributed by atoms with E-state index in [1.165, 1.54) is 22.2 Å². The minimum Gasteiger partial charge on any atom is -0.317 e. The van der Waals surface area contributed by atoms with Gasteiger partial charge in [-0.05, 0) is 59.8 Å². The minimum atomic E-state index is 0.769. The van der Waals surface area contributed by atoms with E-state index in [1.807, 2.05) is 11.3 Å². The summed E-state index contributed by atoms with van der Waals surface area (Å²) in [6.07, 6.45) is 2.52. The molecular weight excluding hydrogens is 282 g/mol. The summed E-state index contributed by atoms with van der Waals surface area (Å²) in [6.45, 7) is 9.01. The van der Waals surface area contributed by atoms with E-state index in [1.54, 1.807) is 0 Å². The third kappa shape index (κ3) is 5.46. The molecule has 0 spiro atoms. The van der Waals surface area contributed by atoms with E-state index in [0.29, 0.717) is 0 Å². The second kappa shape index (κ2) is 7.46. The molecule has 0 radical (unpaired) electrons. The van der Waals surface area contributed by atoms with Gasteiger partial charge in [-0.25, -0.2) is 0 Å². The molecular formula is C13H22BrNS. The van der Waals surface area contributed by atoms with Gasteiger partial charge in [-0.3, -0.25) is 0 Å². The Morgan fingerprint density at radius 3 is 2.69 bits per heavy atom. The maximum atomic E-state index is 3.52. The van der Waals surface area contributed by atoms with Crippen molar-refractivity contribution in [1.82, 2.24) is 5.32 Å². The summed E-state index contributed by atoms with van der Waals surface area (Å²) < 4.78 is 1.22. The Balaban J connectivity index is 2.48. The van der Waals surface area contributed by atoms with Crippen molar-refractivity contribution in [2.24, 2.45) is 11.8 Å². The molecule has 3 heteroatoms. The number of halogens is 1. The third-order valence-corrected chi connectivity index (χ3v) is 4.32. The van der Waals surface area contributed by atoms with E-state index in [4.69, 9.17) is 0 Å². The largest absolute Gasteiger partial charge is 0.317 e. The lowest BCUT2D eigenvalue weighted by atomic mass is 9.93. The lowest BCUT2D eigenvalue weighted by Crippen LogP contribution is -2.25. The van der Waals surface area contributed by atoms with E-state index in [2.05, 4.69) is 53.5 Å². The second-order valence-corrected chi connectivity index (χ2v) is 6.65. The molecule has 0 saturated carbocycles. The Labute approximate surface area is 112 Å². The first kappa shape index (κ1) is 14.2. The molecule has 1 aromatic heterocycles. The maximum absolute atomic E-state index is 3.52. The van der Waals surface area contributed by atoms with Crippen molar-refractivity contribution in [3.8, 4) is 0 Å². The van der Waals surface area contributed by atoms with Crippen molar-refractivity contribution in [2.45, 2.75) is 33.6 Å². The fraction of sp³-hybridized carbons (Fsp3) is 0.692. The molecule has 1 N–H and O–H groups in total. The van der Waals surface area contributed by atoms with Crippen molar-refractivity contribution >= 4 is 27.3 Å². The van der Waals surface area contributed by atoms with Gasteiger partial charge in [0.1, 0.15) is 0 Å². The van der Waals surface area contributed by atoms with Gasteiger partial charge in [0, 0.05) is 14.7 Å². The van der Waals surface area contributed by atoms with Gasteiger partial charge in [-0.2, -0.15) is 0 Å². The summed E-state index contributed by atoms with van der Waals surface area (Å²) in [4.78, 5) is 1.50. The van der Waals surface area contributed by atoms with Crippen LogP contribution in [-0.4, -0.2) is 13.1 Å². The highest BCUT2D eigenvalue weighted by Gasteiger charge is 2.12. The molecule has 0 aliphatic carbocycles. The molecule has 0 bridgehead atoms. The Morgan fingerprint density at radius 2 is 2.19 bits per heavy atom. The standard InChI is InChI=1S/C13H22BrNS/c1-4-15-8-11(5-10(2)3)6-13-7-12(14)9-16-13/h7,9-11,15H,4-6,8H2,1-3H3. The molecule has 0 saturated heterocycles. The van der Waals surface area contributed by atoms with Gasteiger partial charge in [-0.15, -0.1) is 11.3 Å². The Bertz CT molecular complexity index is 296. The van der Waals surface area contributed by atoms with E-state index in [0.717, 1.165) is 24.9 Å². The van der Waals surface area contributed by atoms with Gasteiger partial charge < -0.3 is 5.32 Å². The van der Waals surface area contributed by atoms with Crippen LogP contribution in [0.4, 0.5) is 0 Å². The zero-order valence-electron chi connectivity index (χ0n) is 10.4. The quantitative estimate of drug-likeness (QED) is 0.791. The van der Waals surface area contributed by atoms with Gasteiger partial charge in [0.05, 0.1) is 0 Å². The fourth-order valence-corrected chi connectivity index (χ4v) is 3.57. The molecule has 0 aliphatic heterocycles. The maximum Gasteiger partial charge on any atom is 0.0285 e. The lowest BCUT2D eigenvalue weighted by molar-refractivity contribution is 0.390. The highest BCUT2D eigenvalue weighted by Crippen LogP contribution is 2.24. The monoisotopic (exact) mass is 303 g/mol. The number of thiophene rings is 1. The van der Waals surface area contributed by atoms with Crippen molar-refractivity contribution in [2.75, 3.05) is 13.1 Å². The van der Waals surface area contributed by atoms with Crippen LogP contribution in [0.25, 0.3) is 0 Å². The molecule has 0 aliphatic rings. The van der Waals surface area contributed by atoms with Crippen molar-refractivity contribution in [3.05, 3.63) is 20.8 Å². The Hall–Kier alpha value is 0.140. The molecule has 0 aromatic carbocycles. The summed E-state index contributed by atoms with van der Waals surface area (Å²) >= 11 is 5.38. The van der Waals surface area contributed by atoms with Crippen LogP contribution in [0.3, 0.4) is 0 Å². The molecule has 1 aromatic rings. The zero-order chi connectivity index (χ0) is 12.0.